The topological polar surface area (TPSA) is 154 Å². The lowest BCUT2D eigenvalue weighted by molar-refractivity contribution is -0.385. The number of nitrogens with zero attached hydrogens (tertiary/aromatic N) is 3. The van der Waals surface area contributed by atoms with Gasteiger partial charge < -0.3 is 10.1 Å². The Morgan fingerprint density at radius 2 is 1.65 bits per heavy atom. The minimum atomic E-state index is -4.13. The summed E-state index contributed by atoms with van der Waals surface area (Å²) in [7, 11) is -2.79. The van der Waals surface area contributed by atoms with Crippen LogP contribution in [0.5, 0.6) is 5.75 Å². The van der Waals surface area contributed by atoms with Gasteiger partial charge in [0.15, 0.2) is 5.84 Å². The SMILES string of the molecule is COc1ccc([N+](=O)[O-])cc1NC1=NS(=O)(=O)c2cc([N+](=O)[O-])ccc21. The first-order chi connectivity index (χ1) is 12.2. The number of ether oxygens (including phenoxy) is 1. The normalized spacial score (nSPS) is 14.3. The molecule has 0 atom stereocenters. The monoisotopic (exact) mass is 378 g/mol. The fraction of sp³-hybridized carbons (Fsp3) is 0.0714. The van der Waals surface area contributed by atoms with Crippen LogP contribution in [0.1, 0.15) is 5.56 Å². The van der Waals surface area contributed by atoms with Crippen LogP contribution in [0.25, 0.3) is 0 Å². The molecule has 2 aromatic carbocycles. The first kappa shape index (κ1) is 17.3. The van der Waals surface area contributed by atoms with E-state index in [1.54, 1.807) is 0 Å². The number of anilines is 1. The lowest BCUT2D eigenvalue weighted by Crippen LogP contribution is -2.12. The number of hydrogen-bond acceptors (Lipinski definition) is 8. The maximum Gasteiger partial charge on any atom is 0.285 e. The molecule has 1 aliphatic rings. The zero-order valence-electron chi connectivity index (χ0n) is 13.1. The molecular formula is C14H10N4O7S. The number of amidine groups is 1. The van der Waals surface area contributed by atoms with Gasteiger partial charge in [0, 0.05) is 29.8 Å². The van der Waals surface area contributed by atoms with Crippen LogP contribution in [0.2, 0.25) is 0 Å². The van der Waals surface area contributed by atoms with Gasteiger partial charge in [0.1, 0.15) is 10.6 Å². The molecule has 1 aliphatic heterocycles. The zero-order chi connectivity index (χ0) is 19.1. The fourth-order valence-electron chi connectivity index (χ4n) is 2.38. The maximum atomic E-state index is 12.2. The van der Waals surface area contributed by atoms with E-state index in [4.69, 9.17) is 4.74 Å². The molecule has 11 nitrogen and oxygen atoms in total. The van der Waals surface area contributed by atoms with Gasteiger partial charge in [0.2, 0.25) is 0 Å². The fourth-order valence-corrected chi connectivity index (χ4v) is 3.57. The third-order valence-electron chi connectivity index (χ3n) is 3.57. The molecule has 1 heterocycles. The second kappa shape index (κ2) is 6.07. The molecule has 0 aliphatic carbocycles. The summed E-state index contributed by atoms with van der Waals surface area (Å²) in [5.74, 6) is 0.111. The van der Waals surface area contributed by atoms with E-state index in [2.05, 4.69) is 9.71 Å². The summed E-state index contributed by atoms with van der Waals surface area (Å²) in [5.41, 5.74) is -0.388. The molecule has 0 spiro atoms. The molecule has 12 heteroatoms. The van der Waals surface area contributed by atoms with Crippen molar-refractivity contribution in [3.05, 3.63) is 62.2 Å². The van der Waals surface area contributed by atoms with E-state index in [1.807, 2.05) is 0 Å². The molecular weight excluding hydrogens is 368 g/mol. The van der Waals surface area contributed by atoms with Gasteiger partial charge in [-0.15, -0.1) is 4.40 Å². The van der Waals surface area contributed by atoms with Gasteiger partial charge in [-0.25, -0.2) is 0 Å². The van der Waals surface area contributed by atoms with Crippen LogP contribution in [0.3, 0.4) is 0 Å². The van der Waals surface area contributed by atoms with E-state index in [0.717, 1.165) is 18.2 Å². The number of sulfonamides is 1. The second-order valence-corrected chi connectivity index (χ2v) is 6.69. The Morgan fingerprint density at radius 3 is 2.27 bits per heavy atom. The van der Waals surface area contributed by atoms with Gasteiger partial charge >= 0.3 is 0 Å². The standard InChI is InChI=1S/C14H10N4O7S/c1-25-12-5-3-8(17(19)20)6-11(12)15-14-10-4-2-9(18(21)22)7-13(10)26(23,24)16-14/h2-7H,1H3,(H,15,16). The predicted molar refractivity (Wildman–Crippen MR) is 90.1 cm³/mol. The molecule has 3 rings (SSSR count). The lowest BCUT2D eigenvalue weighted by atomic mass is 10.1. The van der Waals surface area contributed by atoms with Crippen molar-refractivity contribution in [2.45, 2.75) is 4.90 Å². The maximum absolute atomic E-state index is 12.2. The highest BCUT2D eigenvalue weighted by Crippen LogP contribution is 2.33. The molecule has 0 bridgehead atoms. The smallest absolute Gasteiger partial charge is 0.285 e. The van der Waals surface area contributed by atoms with E-state index in [9.17, 15) is 28.6 Å². The summed E-state index contributed by atoms with van der Waals surface area (Å²) in [6, 6.07) is 7.04. The van der Waals surface area contributed by atoms with Crippen LogP contribution >= 0.6 is 0 Å². The molecule has 0 fully saturated rings. The largest absolute Gasteiger partial charge is 0.495 e. The Morgan fingerprint density at radius 1 is 1.04 bits per heavy atom. The quantitative estimate of drug-likeness (QED) is 0.626. The number of rotatable bonds is 4. The number of nitrogens with one attached hydrogen (secondary N) is 1. The van der Waals surface area contributed by atoms with Crippen LogP contribution in [0.4, 0.5) is 17.1 Å². The summed E-state index contributed by atoms with van der Waals surface area (Å²) in [6.07, 6.45) is 0. The molecule has 0 saturated heterocycles. The first-order valence-electron chi connectivity index (χ1n) is 6.96. The zero-order valence-corrected chi connectivity index (χ0v) is 13.9. The van der Waals surface area contributed by atoms with Crippen molar-refractivity contribution < 1.29 is 23.0 Å². The third-order valence-corrected chi connectivity index (χ3v) is 4.88. The van der Waals surface area contributed by atoms with Crippen molar-refractivity contribution in [2.75, 3.05) is 12.4 Å². The Kier molecular flexibility index (Phi) is 4.04. The number of fused-ring (bicyclic) bond motifs is 1. The van der Waals surface area contributed by atoms with Crippen molar-refractivity contribution in [1.82, 2.24) is 0 Å². The summed E-state index contributed by atoms with van der Waals surface area (Å²) in [5, 5.41) is 24.5. The number of nitro benzene ring substituents is 2. The van der Waals surface area contributed by atoms with Gasteiger partial charge in [0.05, 0.1) is 22.6 Å². The second-order valence-electron chi connectivity index (χ2n) is 5.12. The summed E-state index contributed by atoms with van der Waals surface area (Å²) >= 11 is 0. The highest BCUT2D eigenvalue weighted by atomic mass is 32.2. The Hall–Kier alpha value is -3.54. The Bertz CT molecular complexity index is 1080. The average molecular weight is 378 g/mol. The molecule has 1 N–H and O–H groups in total. The van der Waals surface area contributed by atoms with Crippen LogP contribution in [-0.2, 0) is 10.0 Å². The lowest BCUT2D eigenvalue weighted by Gasteiger charge is -2.10. The molecule has 0 aromatic heterocycles. The molecule has 0 amide bonds. The first-order valence-corrected chi connectivity index (χ1v) is 8.40. The van der Waals surface area contributed by atoms with Crippen LogP contribution in [0.15, 0.2) is 45.7 Å². The summed E-state index contributed by atoms with van der Waals surface area (Å²) in [6.45, 7) is 0. The molecule has 26 heavy (non-hydrogen) atoms. The van der Waals surface area contributed by atoms with E-state index in [1.165, 1.54) is 25.3 Å². The van der Waals surface area contributed by atoms with Gasteiger partial charge in [0.25, 0.3) is 21.4 Å². The van der Waals surface area contributed by atoms with Crippen molar-refractivity contribution in [1.29, 1.82) is 0 Å². The highest BCUT2D eigenvalue weighted by Gasteiger charge is 2.31. The number of non-ortho nitro benzene ring substituents is 2. The number of methoxy groups -OCH3 is 1. The number of hydrogen-bond donors (Lipinski definition) is 1. The van der Waals surface area contributed by atoms with E-state index >= 15 is 0 Å². The minimum absolute atomic E-state index is 0.115. The molecule has 2 aromatic rings. The van der Waals surface area contributed by atoms with E-state index in [0.29, 0.717) is 0 Å². The van der Waals surface area contributed by atoms with Gasteiger partial charge in [-0.05, 0) is 12.1 Å². The van der Waals surface area contributed by atoms with Crippen LogP contribution in [-0.4, -0.2) is 31.2 Å². The van der Waals surface area contributed by atoms with Gasteiger partial charge in [-0.1, -0.05) is 0 Å². The highest BCUT2D eigenvalue weighted by molar-refractivity contribution is 7.90. The van der Waals surface area contributed by atoms with Gasteiger partial charge in [-0.2, -0.15) is 8.42 Å². The van der Waals surface area contributed by atoms with E-state index < -0.39 is 25.6 Å². The average Bonchev–Trinajstić information content (AvgIpc) is 2.84. The van der Waals surface area contributed by atoms with Crippen molar-refractivity contribution in [3.8, 4) is 5.75 Å². The minimum Gasteiger partial charge on any atom is -0.495 e. The number of nitro groups is 2. The summed E-state index contributed by atoms with van der Waals surface area (Å²) < 4.78 is 33.0. The Labute approximate surface area is 146 Å². The van der Waals surface area contributed by atoms with Crippen LogP contribution < -0.4 is 10.1 Å². The Balaban J connectivity index is 2.07. The molecule has 0 saturated carbocycles. The third kappa shape index (κ3) is 2.93. The molecule has 134 valence electrons. The number of benzene rings is 2. The predicted octanol–water partition coefficient (Wildman–Crippen LogP) is 2.07. The van der Waals surface area contributed by atoms with Crippen LogP contribution in [0, 0.1) is 20.2 Å². The van der Waals surface area contributed by atoms with Crippen molar-refractivity contribution >= 4 is 32.9 Å². The van der Waals surface area contributed by atoms with E-state index in [-0.39, 0.29) is 33.4 Å². The molecule has 0 unspecified atom stereocenters. The van der Waals surface area contributed by atoms with Crippen molar-refractivity contribution in [3.63, 3.8) is 0 Å². The summed E-state index contributed by atoms with van der Waals surface area (Å²) in [4.78, 5) is 20.1. The molecule has 0 radical (unpaired) electrons. The van der Waals surface area contributed by atoms with Gasteiger partial charge in [-0.3, -0.25) is 20.2 Å². The van der Waals surface area contributed by atoms with Crippen molar-refractivity contribution in [2.24, 2.45) is 4.40 Å².